The number of anilines is 1. The van der Waals surface area contributed by atoms with Crippen LogP contribution in [-0.4, -0.2) is 15.7 Å². The zero-order chi connectivity index (χ0) is 18.8. The van der Waals surface area contributed by atoms with Crippen LogP contribution in [0.5, 0.6) is 0 Å². The highest BCUT2D eigenvalue weighted by molar-refractivity contribution is 6.31. The molecule has 1 aromatic heterocycles. The predicted octanol–water partition coefficient (Wildman–Crippen LogP) is 5.07. The van der Waals surface area contributed by atoms with Crippen molar-refractivity contribution in [3.05, 3.63) is 81.1 Å². The van der Waals surface area contributed by atoms with E-state index in [1.165, 1.54) is 0 Å². The third kappa shape index (κ3) is 3.65. The zero-order valence-electron chi connectivity index (χ0n) is 15.4. The molecule has 0 fully saturated rings. The van der Waals surface area contributed by atoms with Crippen LogP contribution in [0, 0.1) is 27.7 Å². The number of aryl methyl sites for hydroxylation is 3. The molecule has 26 heavy (non-hydrogen) atoms. The number of para-hydroxylation sites is 1. The lowest BCUT2D eigenvalue weighted by atomic mass is 10.1. The molecule has 134 valence electrons. The first-order valence-corrected chi connectivity index (χ1v) is 8.90. The lowest BCUT2D eigenvalue weighted by Gasteiger charge is -2.12. The number of hydrogen-bond donors (Lipinski definition) is 1. The van der Waals surface area contributed by atoms with Gasteiger partial charge < -0.3 is 5.32 Å². The molecule has 4 nitrogen and oxygen atoms in total. The maximum absolute atomic E-state index is 12.7. The Hall–Kier alpha value is -2.59. The Labute approximate surface area is 158 Å². The Bertz CT molecular complexity index is 955. The molecule has 3 aromatic rings. The molecule has 2 aromatic carbocycles. The summed E-state index contributed by atoms with van der Waals surface area (Å²) in [5, 5.41) is 8.17. The van der Waals surface area contributed by atoms with Crippen LogP contribution in [-0.2, 0) is 6.54 Å². The summed E-state index contributed by atoms with van der Waals surface area (Å²) in [5.41, 5.74) is 6.33. The van der Waals surface area contributed by atoms with E-state index in [1.807, 2.05) is 74.8 Å². The van der Waals surface area contributed by atoms with Gasteiger partial charge >= 0.3 is 0 Å². The lowest BCUT2D eigenvalue weighted by molar-refractivity contribution is 0.102. The fourth-order valence-electron chi connectivity index (χ4n) is 3.01. The Kier molecular flexibility index (Phi) is 5.14. The molecular formula is C21H22ClN3O. The SMILES string of the molecule is Cc1cccc(C)c1NC(=O)c1cccc(Cn2nc(C)c(Cl)c2C)c1. The minimum absolute atomic E-state index is 0.115. The summed E-state index contributed by atoms with van der Waals surface area (Å²) in [7, 11) is 0. The van der Waals surface area contributed by atoms with E-state index in [2.05, 4.69) is 10.4 Å². The molecule has 0 aliphatic rings. The molecule has 0 atom stereocenters. The molecule has 1 N–H and O–H groups in total. The van der Waals surface area contributed by atoms with Crippen molar-refractivity contribution in [2.24, 2.45) is 0 Å². The second kappa shape index (κ2) is 7.34. The van der Waals surface area contributed by atoms with E-state index in [4.69, 9.17) is 11.6 Å². The van der Waals surface area contributed by atoms with Crippen LogP contribution in [0.2, 0.25) is 5.02 Å². The Morgan fingerprint density at radius 2 is 1.73 bits per heavy atom. The van der Waals surface area contributed by atoms with Crippen molar-refractivity contribution in [3.8, 4) is 0 Å². The summed E-state index contributed by atoms with van der Waals surface area (Å²) in [6.07, 6.45) is 0. The van der Waals surface area contributed by atoms with Gasteiger partial charge in [-0.2, -0.15) is 5.10 Å². The number of nitrogens with zero attached hydrogens (tertiary/aromatic N) is 2. The van der Waals surface area contributed by atoms with E-state index in [-0.39, 0.29) is 5.91 Å². The number of hydrogen-bond acceptors (Lipinski definition) is 2. The molecule has 5 heteroatoms. The highest BCUT2D eigenvalue weighted by Crippen LogP contribution is 2.22. The average Bonchev–Trinajstić information content (AvgIpc) is 2.85. The highest BCUT2D eigenvalue weighted by Gasteiger charge is 2.12. The van der Waals surface area contributed by atoms with Crippen molar-refractivity contribution in [2.45, 2.75) is 34.2 Å². The predicted molar refractivity (Wildman–Crippen MR) is 106 cm³/mol. The minimum atomic E-state index is -0.115. The fraction of sp³-hybridized carbons (Fsp3) is 0.238. The summed E-state index contributed by atoms with van der Waals surface area (Å²) >= 11 is 6.22. The van der Waals surface area contributed by atoms with Gasteiger partial charge in [-0.25, -0.2) is 0 Å². The number of amides is 1. The zero-order valence-corrected chi connectivity index (χ0v) is 16.2. The van der Waals surface area contributed by atoms with E-state index >= 15 is 0 Å². The van der Waals surface area contributed by atoms with Gasteiger partial charge in [-0.1, -0.05) is 41.9 Å². The maximum atomic E-state index is 12.7. The second-order valence-corrected chi connectivity index (χ2v) is 6.94. The van der Waals surface area contributed by atoms with Gasteiger partial charge in [0.1, 0.15) is 0 Å². The minimum Gasteiger partial charge on any atom is -0.322 e. The second-order valence-electron chi connectivity index (χ2n) is 6.56. The lowest BCUT2D eigenvalue weighted by Crippen LogP contribution is -2.14. The number of nitrogens with one attached hydrogen (secondary N) is 1. The van der Waals surface area contributed by atoms with Crippen LogP contribution < -0.4 is 5.32 Å². The Morgan fingerprint density at radius 1 is 1.08 bits per heavy atom. The van der Waals surface area contributed by atoms with Crippen LogP contribution >= 0.6 is 11.6 Å². The molecule has 1 amide bonds. The average molecular weight is 368 g/mol. The summed E-state index contributed by atoms with van der Waals surface area (Å²) < 4.78 is 1.86. The van der Waals surface area contributed by atoms with Crippen molar-refractivity contribution in [1.29, 1.82) is 0 Å². The summed E-state index contributed by atoms with van der Waals surface area (Å²) in [6, 6.07) is 13.6. The number of benzene rings is 2. The molecule has 0 aliphatic carbocycles. The molecule has 0 spiro atoms. The normalized spacial score (nSPS) is 10.8. The van der Waals surface area contributed by atoms with Crippen molar-refractivity contribution >= 4 is 23.2 Å². The van der Waals surface area contributed by atoms with Crippen LogP contribution in [0.15, 0.2) is 42.5 Å². The largest absolute Gasteiger partial charge is 0.322 e. The molecule has 0 aliphatic heterocycles. The summed E-state index contributed by atoms with van der Waals surface area (Å²) in [4.78, 5) is 12.7. The van der Waals surface area contributed by atoms with Crippen LogP contribution in [0.25, 0.3) is 0 Å². The van der Waals surface area contributed by atoms with Gasteiger partial charge in [0.25, 0.3) is 5.91 Å². The third-order valence-electron chi connectivity index (χ3n) is 4.53. The van der Waals surface area contributed by atoms with E-state index in [0.717, 1.165) is 33.8 Å². The van der Waals surface area contributed by atoms with Gasteiger partial charge in [0, 0.05) is 11.3 Å². The summed E-state index contributed by atoms with van der Waals surface area (Å²) in [6.45, 7) is 8.39. The van der Waals surface area contributed by atoms with Gasteiger partial charge in [0.2, 0.25) is 0 Å². The molecular weight excluding hydrogens is 346 g/mol. The third-order valence-corrected chi connectivity index (χ3v) is 5.08. The first-order chi connectivity index (χ1) is 12.4. The standard InChI is InChI=1S/C21H22ClN3O/c1-13-7-5-8-14(2)20(13)23-21(26)18-10-6-9-17(11-18)12-25-16(4)19(22)15(3)24-25/h5-11H,12H2,1-4H3,(H,23,26). The van der Waals surface area contributed by atoms with E-state index in [1.54, 1.807) is 0 Å². The van der Waals surface area contributed by atoms with Crippen molar-refractivity contribution < 1.29 is 4.79 Å². The smallest absolute Gasteiger partial charge is 0.255 e. The first kappa shape index (κ1) is 18.2. The first-order valence-electron chi connectivity index (χ1n) is 8.53. The monoisotopic (exact) mass is 367 g/mol. The Balaban J connectivity index is 1.82. The van der Waals surface area contributed by atoms with Crippen molar-refractivity contribution in [1.82, 2.24) is 9.78 Å². The molecule has 3 rings (SSSR count). The molecule has 0 unspecified atom stereocenters. The molecule has 1 heterocycles. The van der Waals surface area contributed by atoms with Gasteiger partial charge in [-0.05, 0) is 56.5 Å². The number of aromatic nitrogens is 2. The number of carbonyl (C=O) groups is 1. The van der Waals surface area contributed by atoms with Gasteiger partial charge in [-0.15, -0.1) is 0 Å². The number of carbonyl (C=O) groups excluding carboxylic acids is 1. The molecule has 0 saturated heterocycles. The highest BCUT2D eigenvalue weighted by atomic mass is 35.5. The fourth-order valence-corrected chi connectivity index (χ4v) is 3.15. The summed E-state index contributed by atoms with van der Waals surface area (Å²) in [5.74, 6) is -0.115. The van der Waals surface area contributed by atoms with Gasteiger partial charge in [0.15, 0.2) is 0 Å². The van der Waals surface area contributed by atoms with Gasteiger partial charge in [-0.3, -0.25) is 9.48 Å². The molecule has 0 saturated carbocycles. The van der Waals surface area contributed by atoms with Crippen LogP contribution in [0.1, 0.15) is 38.4 Å². The molecule has 0 bridgehead atoms. The van der Waals surface area contributed by atoms with Crippen LogP contribution in [0.3, 0.4) is 0 Å². The van der Waals surface area contributed by atoms with E-state index in [0.29, 0.717) is 17.1 Å². The Morgan fingerprint density at radius 3 is 2.35 bits per heavy atom. The van der Waals surface area contributed by atoms with E-state index < -0.39 is 0 Å². The van der Waals surface area contributed by atoms with Crippen molar-refractivity contribution in [2.75, 3.05) is 5.32 Å². The topological polar surface area (TPSA) is 46.9 Å². The van der Waals surface area contributed by atoms with E-state index in [9.17, 15) is 4.79 Å². The van der Waals surface area contributed by atoms with Gasteiger partial charge in [0.05, 0.1) is 23.0 Å². The quantitative estimate of drug-likeness (QED) is 0.699. The van der Waals surface area contributed by atoms with Crippen LogP contribution in [0.4, 0.5) is 5.69 Å². The van der Waals surface area contributed by atoms with Crippen molar-refractivity contribution in [3.63, 3.8) is 0 Å². The molecule has 0 radical (unpaired) electrons. The number of halogens is 1. The number of rotatable bonds is 4. The maximum Gasteiger partial charge on any atom is 0.255 e.